The molecular weight excluding hydrogens is 507 g/mol. The third kappa shape index (κ3) is 4.25. The molecule has 200 valence electrons. The molecule has 0 saturated heterocycles. The van der Waals surface area contributed by atoms with Crippen molar-refractivity contribution >= 4 is 27.6 Å². The van der Waals surface area contributed by atoms with E-state index in [9.17, 15) is 4.79 Å². The Kier molecular flexibility index (Phi) is 6.26. The number of rotatable bonds is 6. The van der Waals surface area contributed by atoms with E-state index in [1.807, 2.05) is 81.4 Å². The molecule has 6 rings (SSSR count). The summed E-state index contributed by atoms with van der Waals surface area (Å²) in [5, 5.41) is 6.81. The van der Waals surface area contributed by atoms with Gasteiger partial charge in [-0.15, -0.1) is 0 Å². The first-order valence-electron chi connectivity index (χ1n) is 13.0. The summed E-state index contributed by atoms with van der Waals surface area (Å²) in [6.07, 6.45) is 1.20. The fourth-order valence-corrected chi connectivity index (χ4v) is 5.02. The van der Waals surface area contributed by atoms with E-state index < -0.39 is 11.9 Å². The third-order valence-electron chi connectivity index (χ3n) is 6.85. The molecule has 3 aromatic heterocycles. The first-order chi connectivity index (χ1) is 19.3. The number of nitrogens with two attached hydrogens (primary N) is 1. The number of ether oxygens (including phenoxy) is 1. The number of nitrogen functional groups attached to an aromatic ring is 1. The molecule has 0 unspecified atom stereocenters. The SMILES string of the molecule is CC(C)Oc1ccc(-c2nn([C@@H](C)c3cc4ccccc4c(=O)n3-c3ccccc3)c3ncnc(N)c23)cc1F. The molecule has 0 saturated carbocycles. The van der Waals surface area contributed by atoms with Gasteiger partial charge >= 0.3 is 0 Å². The molecule has 3 aromatic carbocycles. The Morgan fingerprint density at radius 2 is 1.68 bits per heavy atom. The minimum absolute atomic E-state index is 0.139. The summed E-state index contributed by atoms with van der Waals surface area (Å²) >= 11 is 0. The van der Waals surface area contributed by atoms with Gasteiger partial charge in [0.1, 0.15) is 17.8 Å². The summed E-state index contributed by atoms with van der Waals surface area (Å²) in [4.78, 5) is 22.5. The summed E-state index contributed by atoms with van der Waals surface area (Å²) in [6.45, 7) is 5.62. The third-order valence-corrected chi connectivity index (χ3v) is 6.85. The van der Waals surface area contributed by atoms with Crippen LogP contribution in [0.4, 0.5) is 10.2 Å². The Morgan fingerprint density at radius 1 is 0.925 bits per heavy atom. The molecule has 40 heavy (non-hydrogen) atoms. The zero-order valence-electron chi connectivity index (χ0n) is 22.2. The second-order valence-electron chi connectivity index (χ2n) is 9.87. The largest absolute Gasteiger partial charge is 0.488 e. The van der Waals surface area contributed by atoms with Gasteiger partial charge in [0.2, 0.25) is 0 Å². The zero-order valence-corrected chi connectivity index (χ0v) is 22.2. The van der Waals surface area contributed by atoms with E-state index in [2.05, 4.69) is 9.97 Å². The second kappa shape index (κ2) is 9.92. The Morgan fingerprint density at radius 3 is 2.42 bits per heavy atom. The molecule has 0 fully saturated rings. The summed E-state index contributed by atoms with van der Waals surface area (Å²) in [6, 6.07) is 23.2. The maximum absolute atomic E-state index is 15.0. The van der Waals surface area contributed by atoms with Gasteiger partial charge < -0.3 is 10.5 Å². The number of pyridine rings is 1. The summed E-state index contributed by atoms with van der Waals surface area (Å²) in [7, 11) is 0. The predicted molar refractivity (Wildman–Crippen MR) is 154 cm³/mol. The molecule has 0 spiro atoms. The topological polar surface area (TPSA) is 101 Å². The molecule has 9 heteroatoms. The monoisotopic (exact) mass is 534 g/mol. The van der Waals surface area contributed by atoms with Crippen molar-refractivity contribution in [2.75, 3.05) is 5.73 Å². The molecular formula is C31H27FN6O2. The Labute approximate surface area is 229 Å². The molecule has 8 nitrogen and oxygen atoms in total. The van der Waals surface area contributed by atoms with Crippen LogP contribution in [0.15, 0.2) is 90.0 Å². The van der Waals surface area contributed by atoms with E-state index in [4.69, 9.17) is 15.6 Å². The van der Waals surface area contributed by atoms with E-state index in [0.29, 0.717) is 33.4 Å². The van der Waals surface area contributed by atoms with Crippen LogP contribution in [0.5, 0.6) is 5.75 Å². The van der Waals surface area contributed by atoms with Crippen LogP contribution in [0.3, 0.4) is 0 Å². The highest BCUT2D eigenvalue weighted by Gasteiger charge is 2.25. The van der Waals surface area contributed by atoms with Crippen molar-refractivity contribution in [1.82, 2.24) is 24.3 Å². The minimum Gasteiger partial charge on any atom is -0.488 e. The van der Waals surface area contributed by atoms with Gasteiger partial charge in [0.25, 0.3) is 5.56 Å². The molecule has 6 aromatic rings. The molecule has 3 heterocycles. The number of hydrogen-bond acceptors (Lipinski definition) is 6. The lowest BCUT2D eigenvalue weighted by atomic mass is 10.1. The summed E-state index contributed by atoms with van der Waals surface area (Å²) in [5.74, 6) is -0.131. The van der Waals surface area contributed by atoms with Gasteiger partial charge in [-0.2, -0.15) is 5.10 Å². The van der Waals surface area contributed by atoms with Crippen molar-refractivity contribution in [3.05, 3.63) is 107 Å². The lowest BCUT2D eigenvalue weighted by Crippen LogP contribution is -2.25. The molecule has 2 N–H and O–H groups in total. The first kappa shape index (κ1) is 25.2. The van der Waals surface area contributed by atoms with E-state index >= 15 is 4.39 Å². The summed E-state index contributed by atoms with van der Waals surface area (Å²) < 4.78 is 24.0. The maximum atomic E-state index is 15.0. The van der Waals surface area contributed by atoms with Crippen LogP contribution >= 0.6 is 0 Å². The van der Waals surface area contributed by atoms with Gasteiger partial charge in [-0.3, -0.25) is 9.36 Å². The highest BCUT2D eigenvalue weighted by atomic mass is 19.1. The van der Waals surface area contributed by atoms with Gasteiger partial charge in [0.05, 0.1) is 23.2 Å². The molecule has 0 aliphatic heterocycles. The van der Waals surface area contributed by atoms with Crippen molar-refractivity contribution < 1.29 is 9.13 Å². The number of para-hydroxylation sites is 1. The zero-order chi connectivity index (χ0) is 28.0. The van der Waals surface area contributed by atoms with Gasteiger partial charge in [-0.25, -0.2) is 19.0 Å². The first-order valence-corrected chi connectivity index (χ1v) is 13.0. The standard InChI is InChI=1S/C31H27FN6O2/c1-18(2)40-26-14-13-21(15-24(26)32)28-27-29(33)34-17-35-30(27)38(36-28)19(3)25-16-20-9-7-8-12-23(20)31(39)37(25)22-10-5-4-6-11-22/h4-19H,1-3H3,(H2,33,34,35)/t19-/m0/s1. The fourth-order valence-electron chi connectivity index (χ4n) is 5.02. The second-order valence-corrected chi connectivity index (χ2v) is 9.87. The van der Waals surface area contributed by atoms with E-state index in [0.717, 1.165) is 11.1 Å². The Balaban J connectivity index is 1.58. The number of aromatic nitrogens is 5. The molecule has 0 aliphatic carbocycles. The smallest absolute Gasteiger partial charge is 0.263 e. The van der Waals surface area contributed by atoms with Gasteiger partial charge in [-0.05, 0) is 68.6 Å². The molecule has 1 atom stereocenters. The van der Waals surface area contributed by atoms with Crippen LogP contribution < -0.4 is 16.0 Å². The van der Waals surface area contributed by atoms with Crippen molar-refractivity contribution in [2.45, 2.75) is 32.9 Å². The number of benzene rings is 3. The number of fused-ring (bicyclic) bond motifs is 2. The number of hydrogen-bond donors (Lipinski definition) is 1. The Hall–Kier alpha value is -5.05. The number of halogens is 1. The fraction of sp³-hybridized carbons (Fsp3) is 0.161. The lowest BCUT2D eigenvalue weighted by molar-refractivity contribution is 0.231. The average molecular weight is 535 g/mol. The minimum atomic E-state index is -0.509. The van der Waals surface area contributed by atoms with Gasteiger partial charge in [0, 0.05) is 16.6 Å². The van der Waals surface area contributed by atoms with Crippen molar-refractivity contribution in [3.63, 3.8) is 0 Å². The van der Waals surface area contributed by atoms with Gasteiger partial charge in [0.15, 0.2) is 17.2 Å². The van der Waals surface area contributed by atoms with E-state index in [1.165, 1.54) is 12.4 Å². The number of nitrogens with zero attached hydrogens (tertiary/aromatic N) is 5. The molecule has 0 amide bonds. The highest BCUT2D eigenvalue weighted by molar-refractivity contribution is 5.98. The van der Waals surface area contributed by atoms with Crippen LogP contribution in [0.1, 0.15) is 32.5 Å². The average Bonchev–Trinajstić information content (AvgIpc) is 3.35. The maximum Gasteiger partial charge on any atom is 0.263 e. The quantitative estimate of drug-likeness (QED) is 0.285. The van der Waals surface area contributed by atoms with Crippen LogP contribution in [-0.4, -0.2) is 30.4 Å². The molecule has 0 radical (unpaired) electrons. The molecule has 0 bridgehead atoms. The summed E-state index contributed by atoms with van der Waals surface area (Å²) in [5.41, 5.74) is 9.03. The normalized spacial score (nSPS) is 12.3. The van der Waals surface area contributed by atoms with Crippen molar-refractivity contribution in [1.29, 1.82) is 0 Å². The highest BCUT2D eigenvalue weighted by Crippen LogP contribution is 2.35. The van der Waals surface area contributed by atoms with Crippen LogP contribution in [-0.2, 0) is 0 Å². The van der Waals surface area contributed by atoms with Crippen LogP contribution in [0, 0.1) is 5.82 Å². The number of anilines is 1. The predicted octanol–water partition coefficient (Wildman–Crippen LogP) is 5.92. The van der Waals surface area contributed by atoms with Crippen molar-refractivity contribution in [2.24, 2.45) is 0 Å². The van der Waals surface area contributed by atoms with E-state index in [-0.39, 0.29) is 23.2 Å². The Bertz CT molecular complexity index is 1930. The van der Waals surface area contributed by atoms with Crippen molar-refractivity contribution in [3.8, 4) is 22.7 Å². The van der Waals surface area contributed by atoms with Gasteiger partial charge in [-0.1, -0.05) is 36.4 Å². The van der Waals surface area contributed by atoms with Crippen LogP contribution in [0.25, 0.3) is 38.8 Å². The molecule has 0 aliphatic rings. The van der Waals surface area contributed by atoms with E-state index in [1.54, 1.807) is 21.4 Å². The van der Waals surface area contributed by atoms with Crippen LogP contribution in [0.2, 0.25) is 0 Å². The lowest BCUT2D eigenvalue weighted by Gasteiger charge is -2.20.